The quantitative estimate of drug-likeness (QED) is 0.748. The Labute approximate surface area is 161 Å². The SMILES string of the molecule is C[C@@H]1CCCN(c2ccc(C(N)=O)cc2NC(=O)c2c[nH]c(=O)c(Cl)c2)C1. The normalized spacial score (nSPS) is 16.8. The van der Waals surface area contributed by atoms with Gasteiger partial charge in [0.15, 0.2) is 0 Å². The summed E-state index contributed by atoms with van der Waals surface area (Å²) in [6.45, 7) is 3.92. The lowest BCUT2D eigenvalue weighted by molar-refractivity contribution is 0.0996. The number of aromatic nitrogens is 1. The number of pyridine rings is 1. The summed E-state index contributed by atoms with van der Waals surface area (Å²) < 4.78 is 0. The molecule has 2 amide bonds. The van der Waals surface area contributed by atoms with Crippen molar-refractivity contribution in [1.29, 1.82) is 0 Å². The number of benzene rings is 1. The summed E-state index contributed by atoms with van der Waals surface area (Å²) in [7, 11) is 0. The number of primary amides is 1. The van der Waals surface area contributed by atoms with Gasteiger partial charge in [-0.2, -0.15) is 0 Å². The molecule has 1 aromatic heterocycles. The Hall–Kier alpha value is -2.80. The predicted molar refractivity (Wildman–Crippen MR) is 106 cm³/mol. The van der Waals surface area contributed by atoms with Crippen LogP contribution in [0.3, 0.4) is 0 Å². The van der Waals surface area contributed by atoms with Crippen molar-refractivity contribution in [3.63, 3.8) is 0 Å². The molecule has 0 bridgehead atoms. The molecular formula is C19H21ClN4O3. The summed E-state index contributed by atoms with van der Waals surface area (Å²) in [6, 6.07) is 6.33. The summed E-state index contributed by atoms with van der Waals surface area (Å²) in [5, 5.41) is 2.74. The summed E-state index contributed by atoms with van der Waals surface area (Å²) >= 11 is 5.80. The molecule has 0 unspecified atom stereocenters. The van der Waals surface area contributed by atoms with Crippen LogP contribution in [0.4, 0.5) is 11.4 Å². The number of nitrogens with two attached hydrogens (primary N) is 1. The van der Waals surface area contributed by atoms with Crippen molar-refractivity contribution in [3.8, 4) is 0 Å². The van der Waals surface area contributed by atoms with Gasteiger partial charge >= 0.3 is 0 Å². The van der Waals surface area contributed by atoms with Gasteiger partial charge < -0.3 is 20.9 Å². The molecule has 0 spiro atoms. The maximum Gasteiger partial charge on any atom is 0.266 e. The maximum absolute atomic E-state index is 12.6. The van der Waals surface area contributed by atoms with Gasteiger partial charge in [-0.15, -0.1) is 0 Å². The third kappa shape index (κ3) is 4.31. The van der Waals surface area contributed by atoms with Gasteiger partial charge in [0.25, 0.3) is 11.5 Å². The zero-order chi connectivity index (χ0) is 19.6. The van der Waals surface area contributed by atoms with Crippen LogP contribution >= 0.6 is 11.6 Å². The molecule has 0 saturated carbocycles. The first-order valence-corrected chi connectivity index (χ1v) is 9.11. The fourth-order valence-electron chi connectivity index (χ4n) is 3.25. The van der Waals surface area contributed by atoms with E-state index in [0.29, 0.717) is 17.2 Å². The molecule has 3 rings (SSSR count). The van der Waals surface area contributed by atoms with Gasteiger partial charge in [-0.05, 0) is 43.0 Å². The molecule has 2 heterocycles. The number of amides is 2. The van der Waals surface area contributed by atoms with E-state index in [1.807, 2.05) is 0 Å². The number of aromatic amines is 1. The minimum atomic E-state index is -0.573. The summed E-state index contributed by atoms with van der Waals surface area (Å²) in [5.41, 5.74) is 6.76. The Balaban J connectivity index is 1.94. The molecule has 1 atom stereocenters. The second kappa shape index (κ2) is 7.84. The van der Waals surface area contributed by atoms with E-state index < -0.39 is 17.4 Å². The maximum atomic E-state index is 12.6. The number of H-pyrrole nitrogens is 1. The summed E-state index contributed by atoms with van der Waals surface area (Å²) in [4.78, 5) is 40.2. The number of nitrogens with zero attached hydrogens (tertiary/aromatic N) is 1. The van der Waals surface area contributed by atoms with Crippen LogP contribution in [0.15, 0.2) is 35.3 Å². The monoisotopic (exact) mass is 388 g/mol. The van der Waals surface area contributed by atoms with Crippen molar-refractivity contribution in [3.05, 3.63) is 57.0 Å². The molecule has 1 aliphatic rings. The van der Waals surface area contributed by atoms with E-state index in [9.17, 15) is 14.4 Å². The van der Waals surface area contributed by atoms with Crippen LogP contribution in [0.25, 0.3) is 0 Å². The van der Waals surface area contributed by atoms with E-state index in [0.717, 1.165) is 31.6 Å². The first-order valence-electron chi connectivity index (χ1n) is 8.73. The molecule has 7 nitrogen and oxygen atoms in total. The van der Waals surface area contributed by atoms with Crippen LogP contribution in [0.5, 0.6) is 0 Å². The van der Waals surface area contributed by atoms with E-state index in [1.165, 1.54) is 12.3 Å². The first kappa shape index (κ1) is 19.0. The number of rotatable bonds is 4. The van der Waals surface area contributed by atoms with Crippen LogP contribution in [-0.4, -0.2) is 29.9 Å². The molecule has 27 heavy (non-hydrogen) atoms. The van der Waals surface area contributed by atoms with Gasteiger partial charge in [-0.25, -0.2) is 0 Å². The van der Waals surface area contributed by atoms with E-state index in [1.54, 1.807) is 18.2 Å². The number of nitrogens with one attached hydrogen (secondary N) is 2. The zero-order valence-corrected chi connectivity index (χ0v) is 15.7. The molecule has 0 aliphatic carbocycles. The van der Waals surface area contributed by atoms with Gasteiger partial charge in [0.1, 0.15) is 5.02 Å². The topological polar surface area (TPSA) is 108 Å². The van der Waals surface area contributed by atoms with Gasteiger partial charge in [-0.1, -0.05) is 18.5 Å². The van der Waals surface area contributed by atoms with Gasteiger partial charge in [0.05, 0.1) is 16.9 Å². The van der Waals surface area contributed by atoms with E-state index in [2.05, 4.69) is 22.1 Å². The fourth-order valence-corrected chi connectivity index (χ4v) is 3.43. The van der Waals surface area contributed by atoms with Crippen LogP contribution < -0.4 is 21.5 Å². The second-order valence-electron chi connectivity index (χ2n) is 6.81. The van der Waals surface area contributed by atoms with E-state index >= 15 is 0 Å². The number of halogens is 1. The number of hydrogen-bond acceptors (Lipinski definition) is 4. The highest BCUT2D eigenvalue weighted by Gasteiger charge is 2.21. The van der Waals surface area contributed by atoms with E-state index in [-0.39, 0.29) is 10.6 Å². The highest BCUT2D eigenvalue weighted by Crippen LogP contribution is 2.31. The highest BCUT2D eigenvalue weighted by molar-refractivity contribution is 6.30. The minimum absolute atomic E-state index is 0.0707. The van der Waals surface area contributed by atoms with Crippen molar-refractivity contribution in [1.82, 2.24) is 4.98 Å². The summed E-state index contributed by atoms with van der Waals surface area (Å²) in [5.74, 6) is -0.478. The molecule has 1 aromatic carbocycles. The molecule has 1 fully saturated rings. The number of piperidine rings is 1. The van der Waals surface area contributed by atoms with E-state index in [4.69, 9.17) is 17.3 Å². The van der Waals surface area contributed by atoms with Crippen molar-refractivity contribution in [2.45, 2.75) is 19.8 Å². The van der Waals surface area contributed by atoms with Crippen molar-refractivity contribution < 1.29 is 9.59 Å². The molecule has 8 heteroatoms. The van der Waals surface area contributed by atoms with Crippen LogP contribution in [0, 0.1) is 5.92 Å². The van der Waals surface area contributed by atoms with Gasteiger partial charge in [-0.3, -0.25) is 14.4 Å². The first-order chi connectivity index (χ1) is 12.8. The summed E-state index contributed by atoms with van der Waals surface area (Å²) in [6.07, 6.45) is 3.51. The average Bonchev–Trinajstić information content (AvgIpc) is 2.63. The molecule has 2 aromatic rings. The number of anilines is 2. The average molecular weight is 389 g/mol. The third-order valence-corrected chi connectivity index (χ3v) is 4.93. The van der Waals surface area contributed by atoms with Crippen LogP contribution in [0.2, 0.25) is 5.02 Å². The fraction of sp³-hybridized carbons (Fsp3) is 0.316. The largest absolute Gasteiger partial charge is 0.370 e. The lowest BCUT2D eigenvalue weighted by Crippen LogP contribution is -2.35. The number of carbonyl (C=O) groups excluding carboxylic acids is 2. The number of hydrogen-bond donors (Lipinski definition) is 3. The van der Waals surface area contributed by atoms with Crippen LogP contribution in [-0.2, 0) is 0 Å². The lowest BCUT2D eigenvalue weighted by atomic mass is 9.99. The Morgan fingerprint density at radius 3 is 2.74 bits per heavy atom. The molecule has 1 aliphatic heterocycles. The molecular weight excluding hydrogens is 368 g/mol. The van der Waals surface area contributed by atoms with Gasteiger partial charge in [0, 0.05) is 24.8 Å². The van der Waals surface area contributed by atoms with Gasteiger partial charge in [0.2, 0.25) is 5.91 Å². The Morgan fingerprint density at radius 2 is 2.07 bits per heavy atom. The second-order valence-corrected chi connectivity index (χ2v) is 7.22. The third-order valence-electron chi connectivity index (χ3n) is 4.65. The Morgan fingerprint density at radius 1 is 1.30 bits per heavy atom. The standard InChI is InChI=1S/C19H21ClN4O3/c1-11-3-2-6-24(10-11)16-5-4-12(17(21)25)8-15(16)23-18(26)13-7-14(20)19(27)22-9-13/h4-5,7-9,11H,2-3,6,10H2,1H3,(H2,21,25)(H,22,27)(H,23,26)/t11-/m1/s1. The predicted octanol–water partition coefficient (Wildman–Crippen LogP) is 2.62. The molecule has 142 valence electrons. The Kier molecular flexibility index (Phi) is 5.51. The molecule has 1 saturated heterocycles. The minimum Gasteiger partial charge on any atom is -0.370 e. The lowest BCUT2D eigenvalue weighted by Gasteiger charge is -2.34. The van der Waals surface area contributed by atoms with Crippen molar-refractivity contribution >= 4 is 34.8 Å². The smallest absolute Gasteiger partial charge is 0.266 e. The zero-order valence-electron chi connectivity index (χ0n) is 14.9. The Bertz CT molecular complexity index is 941. The van der Waals surface area contributed by atoms with Crippen molar-refractivity contribution in [2.75, 3.05) is 23.3 Å². The van der Waals surface area contributed by atoms with Crippen LogP contribution in [0.1, 0.15) is 40.5 Å². The van der Waals surface area contributed by atoms with Crippen molar-refractivity contribution in [2.24, 2.45) is 11.7 Å². The molecule has 0 radical (unpaired) electrons. The molecule has 4 N–H and O–H groups in total. The number of carbonyl (C=O) groups is 2. The highest BCUT2D eigenvalue weighted by atomic mass is 35.5.